The van der Waals surface area contributed by atoms with E-state index >= 15 is 0 Å². The fraction of sp³-hybridized carbons (Fsp3) is 0.750. The first-order chi connectivity index (χ1) is 8.44. The summed E-state index contributed by atoms with van der Waals surface area (Å²) in [7, 11) is 0. The third-order valence-corrected chi connectivity index (χ3v) is 7.21. The molecule has 1 unspecified atom stereocenters. The van der Waals surface area contributed by atoms with E-state index in [0.717, 1.165) is 5.92 Å². The highest BCUT2D eigenvalue weighted by Crippen LogP contribution is 2.57. The molecule has 0 aromatic carbocycles. The lowest BCUT2D eigenvalue weighted by molar-refractivity contribution is 0.231. The van der Waals surface area contributed by atoms with Crippen molar-refractivity contribution in [3.05, 3.63) is 21.4 Å². The molecule has 2 heteroatoms. The van der Waals surface area contributed by atoms with Crippen molar-refractivity contribution in [1.29, 1.82) is 0 Å². The largest absolute Gasteiger partial charge is 0.144 e. The minimum atomic E-state index is 0.510. The molecule has 1 atom stereocenters. The molecule has 2 rings (SSSR count). The zero-order valence-corrected chi connectivity index (χ0v) is 14.5. The lowest BCUT2D eigenvalue weighted by Gasteiger charge is -2.36. The maximum Gasteiger partial charge on any atom is 0.0548 e. The highest BCUT2D eigenvalue weighted by molar-refractivity contribution is 9.09. The lowest BCUT2D eigenvalue weighted by Crippen LogP contribution is -2.24. The third kappa shape index (κ3) is 2.85. The second-order valence-electron chi connectivity index (χ2n) is 6.43. The van der Waals surface area contributed by atoms with Crippen molar-refractivity contribution >= 4 is 27.3 Å². The van der Waals surface area contributed by atoms with E-state index in [1.807, 2.05) is 11.3 Å². The van der Waals surface area contributed by atoms with E-state index in [-0.39, 0.29) is 0 Å². The van der Waals surface area contributed by atoms with E-state index in [2.05, 4.69) is 49.7 Å². The topological polar surface area (TPSA) is 0 Å². The Kier molecular flexibility index (Phi) is 4.59. The molecule has 1 heterocycles. The van der Waals surface area contributed by atoms with Crippen molar-refractivity contribution in [2.24, 2.45) is 11.3 Å². The van der Waals surface area contributed by atoms with Crippen LogP contribution in [0.15, 0.2) is 6.07 Å². The molecule has 1 aliphatic carbocycles. The van der Waals surface area contributed by atoms with Crippen LogP contribution in [0.1, 0.15) is 66.1 Å². The fourth-order valence-corrected chi connectivity index (χ4v) is 6.08. The summed E-state index contributed by atoms with van der Waals surface area (Å²) in [6.07, 6.45) is 6.99. The second-order valence-corrected chi connectivity index (χ2v) is 8.64. The molecular weight excluding hydrogens is 304 g/mol. The van der Waals surface area contributed by atoms with Crippen molar-refractivity contribution in [3.8, 4) is 0 Å². The van der Waals surface area contributed by atoms with Gasteiger partial charge in [0.1, 0.15) is 0 Å². The van der Waals surface area contributed by atoms with E-state index in [1.165, 1.54) is 42.5 Å². The van der Waals surface area contributed by atoms with Crippen LogP contribution in [0.2, 0.25) is 0 Å². The first-order valence-electron chi connectivity index (χ1n) is 7.15. The van der Waals surface area contributed by atoms with Crippen LogP contribution in [0, 0.1) is 25.2 Å². The van der Waals surface area contributed by atoms with Crippen molar-refractivity contribution in [1.82, 2.24) is 0 Å². The Balaban J connectivity index is 2.28. The average molecular weight is 329 g/mol. The zero-order valence-electron chi connectivity index (χ0n) is 12.1. The van der Waals surface area contributed by atoms with Gasteiger partial charge in [0.25, 0.3) is 0 Å². The van der Waals surface area contributed by atoms with E-state index in [9.17, 15) is 0 Å². The van der Waals surface area contributed by atoms with Crippen LogP contribution in [-0.2, 0) is 0 Å². The SMILES string of the molecule is Cc1cc(C)c(C(Br)C2(CC(C)C)CCCC2)s1. The molecule has 0 aliphatic heterocycles. The highest BCUT2D eigenvalue weighted by Gasteiger charge is 2.42. The first kappa shape index (κ1) is 14.6. The normalized spacial score (nSPS) is 20.6. The van der Waals surface area contributed by atoms with Gasteiger partial charge in [0.15, 0.2) is 0 Å². The number of halogens is 1. The minimum absolute atomic E-state index is 0.510. The minimum Gasteiger partial charge on any atom is -0.144 e. The molecule has 1 fully saturated rings. The molecule has 1 aromatic heterocycles. The van der Waals surface area contributed by atoms with Gasteiger partial charge in [-0.2, -0.15) is 0 Å². The van der Waals surface area contributed by atoms with Crippen molar-refractivity contribution in [3.63, 3.8) is 0 Å². The second kappa shape index (κ2) is 5.66. The predicted molar refractivity (Wildman–Crippen MR) is 85.8 cm³/mol. The molecule has 0 bridgehead atoms. The Bertz CT molecular complexity index is 399. The maximum atomic E-state index is 4.07. The molecule has 0 radical (unpaired) electrons. The van der Waals surface area contributed by atoms with Gasteiger partial charge in [-0.15, -0.1) is 11.3 Å². The Morgan fingerprint density at radius 2 is 1.89 bits per heavy atom. The number of aryl methyl sites for hydroxylation is 2. The summed E-state index contributed by atoms with van der Waals surface area (Å²) in [6, 6.07) is 2.34. The fourth-order valence-electron chi connectivity index (χ4n) is 3.64. The maximum absolute atomic E-state index is 4.07. The summed E-state index contributed by atoms with van der Waals surface area (Å²) >= 11 is 6.06. The van der Waals surface area contributed by atoms with E-state index < -0.39 is 0 Å². The predicted octanol–water partition coefficient (Wildman–Crippen LogP) is 6.41. The molecule has 1 aromatic rings. The van der Waals surface area contributed by atoms with Gasteiger partial charge in [0, 0.05) is 9.75 Å². The number of hydrogen-bond donors (Lipinski definition) is 0. The Labute approximate surface area is 124 Å². The summed E-state index contributed by atoms with van der Waals surface area (Å²) in [5.74, 6) is 0.796. The van der Waals surface area contributed by atoms with Crippen LogP contribution in [-0.4, -0.2) is 0 Å². The quantitative estimate of drug-likeness (QED) is 0.560. The van der Waals surface area contributed by atoms with Crippen LogP contribution in [0.25, 0.3) is 0 Å². The summed E-state index contributed by atoms with van der Waals surface area (Å²) < 4.78 is 0. The summed E-state index contributed by atoms with van der Waals surface area (Å²) in [5, 5.41) is 0. The standard InChI is InChI=1S/C16H25BrS/c1-11(2)10-16(7-5-6-8-16)15(17)14-12(3)9-13(4)18-14/h9,11,15H,5-8,10H2,1-4H3. The van der Waals surface area contributed by atoms with E-state index in [0.29, 0.717) is 10.2 Å². The number of hydrogen-bond acceptors (Lipinski definition) is 1. The molecule has 102 valence electrons. The number of rotatable bonds is 4. The zero-order chi connectivity index (χ0) is 13.3. The van der Waals surface area contributed by atoms with Crippen LogP contribution in [0.5, 0.6) is 0 Å². The third-order valence-electron chi connectivity index (χ3n) is 4.26. The Morgan fingerprint density at radius 1 is 1.28 bits per heavy atom. The van der Waals surface area contributed by atoms with Crippen molar-refractivity contribution < 1.29 is 0 Å². The molecule has 0 saturated heterocycles. The molecule has 18 heavy (non-hydrogen) atoms. The Hall–Kier alpha value is 0.180. The molecule has 0 nitrogen and oxygen atoms in total. The molecule has 0 spiro atoms. The average Bonchev–Trinajstić information content (AvgIpc) is 2.84. The van der Waals surface area contributed by atoms with Crippen LogP contribution < -0.4 is 0 Å². The van der Waals surface area contributed by atoms with Crippen LogP contribution in [0.4, 0.5) is 0 Å². The molecule has 0 N–H and O–H groups in total. The van der Waals surface area contributed by atoms with Crippen LogP contribution >= 0.6 is 27.3 Å². The van der Waals surface area contributed by atoms with Gasteiger partial charge in [0.2, 0.25) is 0 Å². The smallest absolute Gasteiger partial charge is 0.0548 e. The number of thiophene rings is 1. The summed E-state index contributed by atoms with van der Waals surface area (Å²) in [4.78, 5) is 3.59. The molecule has 1 saturated carbocycles. The van der Waals surface area contributed by atoms with Gasteiger partial charge < -0.3 is 0 Å². The number of alkyl halides is 1. The molecule has 1 aliphatic rings. The van der Waals surface area contributed by atoms with Gasteiger partial charge in [-0.05, 0) is 56.1 Å². The first-order valence-corrected chi connectivity index (χ1v) is 8.89. The van der Waals surface area contributed by atoms with Gasteiger partial charge in [0.05, 0.1) is 4.83 Å². The van der Waals surface area contributed by atoms with Crippen LogP contribution in [0.3, 0.4) is 0 Å². The van der Waals surface area contributed by atoms with Crippen molar-refractivity contribution in [2.45, 2.75) is 64.6 Å². The molecule has 0 amide bonds. The summed E-state index contributed by atoms with van der Waals surface area (Å²) in [6.45, 7) is 9.23. The lowest BCUT2D eigenvalue weighted by atomic mass is 9.75. The van der Waals surface area contributed by atoms with E-state index in [4.69, 9.17) is 0 Å². The van der Waals surface area contributed by atoms with Gasteiger partial charge in [-0.25, -0.2) is 0 Å². The van der Waals surface area contributed by atoms with Gasteiger partial charge >= 0.3 is 0 Å². The van der Waals surface area contributed by atoms with Gasteiger partial charge in [-0.1, -0.05) is 42.6 Å². The highest BCUT2D eigenvalue weighted by atomic mass is 79.9. The van der Waals surface area contributed by atoms with Gasteiger partial charge in [-0.3, -0.25) is 0 Å². The summed E-state index contributed by atoms with van der Waals surface area (Å²) in [5.41, 5.74) is 1.99. The monoisotopic (exact) mass is 328 g/mol. The Morgan fingerprint density at radius 3 is 2.33 bits per heavy atom. The molecular formula is C16H25BrS. The van der Waals surface area contributed by atoms with Crippen molar-refractivity contribution in [2.75, 3.05) is 0 Å². The van der Waals surface area contributed by atoms with E-state index in [1.54, 1.807) is 4.88 Å².